The van der Waals surface area contributed by atoms with Gasteiger partial charge in [-0.2, -0.15) is 4.98 Å². The number of benzene rings is 1. The second kappa shape index (κ2) is 5.12. The molecular formula is C14H18N2O2. The summed E-state index contributed by atoms with van der Waals surface area (Å²) in [5.74, 6) is 1.69. The lowest BCUT2D eigenvalue weighted by atomic mass is 10.1. The highest BCUT2D eigenvalue weighted by molar-refractivity contribution is 5.31. The van der Waals surface area contributed by atoms with Gasteiger partial charge in [0.15, 0.2) is 0 Å². The minimum absolute atomic E-state index is 0.187. The van der Waals surface area contributed by atoms with Crippen molar-refractivity contribution >= 4 is 6.01 Å². The average Bonchev–Trinajstić information content (AvgIpc) is 2.59. The number of rotatable bonds is 4. The van der Waals surface area contributed by atoms with Crippen LogP contribution in [0, 0.1) is 6.92 Å². The molecule has 1 aromatic heterocycles. The summed E-state index contributed by atoms with van der Waals surface area (Å²) < 4.78 is 10.9. The van der Waals surface area contributed by atoms with Crippen molar-refractivity contribution in [1.82, 2.24) is 4.98 Å². The quantitative estimate of drug-likeness (QED) is 0.901. The molecule has 0 aliphatic rings. The maximum absolute atomic E-state index is 5.59. The van der Waals surface area contributed by atoms with Gasteiger partial charge in [0.2, 0.25) is 0 Å². The summed E-state index contributed by atoms with van der Waals surface area (Å²) in [5, 5.41) is 0. The Labute approximate surface area is 107 Å². The normalized spacial score (nSPS) is 10.9. The molecule has 2 aromatic rings. The van der Waals surface area contributed by atoms with Crippen LogP contribution >= 0.6 is 0 Å². The molecule has 0 aliphatic heterocycles. The van der Waals surface area contributed by atoms with Crippen molar-refractivity contribution < 1.29 is 9.15 Å². The standard InChI is InChI=1S/C14H18N2O2/c1-9(2)17-12-6-4-11(5-7-12)8-13-10(3)16-14(15)18-13/h4-7,9H,8H2,1-3H3,(H2,15,16). The monoisotopic (exact) mass is 246 g/mol. The zero-order valence-corrected chi connectivity index (χ0v) is 10.9. The van der Waals surface area contributed by atoms with Gasteiger partial charge in [0, 0.05) is 6.42 Å². The molecule has 18 heavy (non-hydrogen) atoms. The van der Waals surface area contributed by atoms with Crippen molar-refractivity contribution in [1.29, 1.82) is 0 Å². The van der Waals surface area contributed by atoms with Crippen molar-refractivity contribution in [3.63, 3.8) is 0 Å². The molecule has 0 aliphatic carbocycles. The number of hydrogen-bond donors (Lipinski definition) is 1. The van der Waals surface area contributed by atoms with Crippen LogP contribution < -0.4 is 10.5 Å². The van der Waals surface area contributed by atoms with Crippen LogP contribution in [-0.2, 0) is 6.42 Å². The molecule has 0 amide bonds. The van der Waals surface area contributed by atoms with Crippen LogP contribution in [0.5, 0.6) is 5.75 Å². The molecule has 1 heterocycles. The fraction of sp³-hybridized carbons (Fsp3) is 0.357. The lowest BCUT2D eigenvalue weighted by Gasteiger charge is -2.09. The summed E-state index contributed by atoms with van der Waals surface area (Å²) in [6, 6.07) is 8.20. The van der Waals surface area contributed by atoms with Gasteiger partial charge >= 0.3 is 0 Å². The highest BCUT2D eigenvalue weighted by Gasteiger charge is 2.08. The maximum atomic E-state index is 5.59. The summed E-state index contributed by atoms with van der Waals surface area (Å²) in [6.45, 7) is 5.91. The lowest BCUT2D eigenvalue weighted by Crippen LogP contribution is -2.05. The molecule has 4 heteroatoms. The molecule has 0 fully saturated rings. The van der Waals surface area contributed by atoms with Crippen LogP contribution in [0.15, 0.2) is 28.7 Å². The molecule has 2 N–H and O–H groups in total. The van der Waals surface area contributed by atoms with E-state index in [-0.39, 0.29) is 12.1 Å². The Morgan fingerprint density at radius 1 is 1.28 bits per heavy atom. The Morgan fingerprint density at radius 2 is 1.94 bits per heavy atom. The van der Waals surface area contributed by atoms with Crippen molar-refractivity contribution in [3.8, 4) is 5.75 Å². The minimum Gasteiger partial charge on any atom is -0.491 e. The van der Waals surface area contributed by atoms with Gasteiger partial charge in [0.25, 0.3) is 6.01 Å². The number of nitrogens with zero attached hydrogens (tertiary/aromatic N) is 1. The van der Waals surface area contributed by atoms with Crippen molar-refractivity contribution in [2.45, 2.75) is 33.3 Å². The van der Waals surface area contributed by atoms with E-state index in [4.69, 9.17) is 14.9 Å². The smallest absolute Gasteiger partial charge is 0.292 e. The topological polar surface area (TPSA) is 61.3 Å². The second-order valence-electron chi connectivity index (χ2n) is 4.55. The molecule has 4 nitrogen and oxygen atoms in total. The van der Waals surface area contributed by atoms with Gasteiger partial charge in [0.1, 0.15) is 11.5 Å². The molecule has 0 unspecified atom stereocenters. The number of aryl methyl sites for hydroxylation is 1. The Hall–Kier alpha value is -1.97. The number of nitrogen functional groups attached to an aromatic ring is 1. The first-order valence-corrected chi connectivity index (χ1v) is 6.02. The number of anilines is 1. The predicted octanol–water partition coefficient (Wildman–Crippen LogP) is 2.94. The van der Waals surface area contributed by atoms with E-state index in [9.17, 15) is 0 Å². The fourth-order valence-corrected chi connectivity index (χ4v) is 1.76. The van der Waals surface area contributed by atoms with Crippen LogP contribution in [0.2, 0.25) is 0 Å². The number of aromatic nitrogens is 1. The largest absolute Gasteiger partial charge is 0.491 e. The molecule has 0 bridgehead atoms. The van der Waals surface area contributed by atoms with Gasteiger partial charge < -0.3 is 14.9 Å². The van der Waals surface area contributed by atoms with Crippen LogP contribution in [0.1, 0.15) is 30.9 Å². The van der Waals surface area contributed by atoms with Crippen LogP contribution in [0.4, 0.5) is 6.01 Å². The number of oxazole rings is 1. The van der Waals surface area contributed by atoms with E-state index >= 15 is 0 Å². The first kappa shape index (κ1) is 12.5. The van der Waals surface area contributed by atoms with Gasteiger partial charge in [0.05, 0.1) is 11.8 Å². The van der Waals surface area contributed by atoms with E-state index in [0.29, 0.717) is 6.42 Å². The summed E-state index contributed by atoms with van der Waals surface area (Å²) in [6.07, 6.45) is 0.880. The van der Waals surface area contributed by atoms with E-state index in [1.165, 1.54) is 0 Å². The molecule has 96 valence electrons. The molecule has 2 rings (SSSR count). The Bertz CT molecular complexity index is 515. The minimum atomic E-state index is 0.187. The summed E-state index contributed by atoms with van der Waals surface area (Å²) >= 11 is 0. The van der Waals surface area contributed by atoms with E-state index < -0.39 is 0 Å². The number of hydrogen-bond acceptors (Lipinski definition) is 4. The summed E-state index contributed by atoms with van der Waals surface area (Å²) in [5.41, 5.74) is 7.50. The number of ether oxygens (including phenoxy) is 1. The molecule has 0 saturated carbocycles. The third-order valence-electron chi connectivity index (χ3n) is 2.57. The summed E-state index contributed by atoms with van der Waals surface area (Å²) in [7, 11) is 0. The second-order valence-corrected chi connectivity index (χ2v) is 4.55. The molecule has 0 radical (unpaired) electrons. The zero-order chi connectivity index (χ0) is 13.1. The van der Waals surface area contributed by atoms with E-state index in [1.54, 1.807) is 0 Å². The zero-order valence-electron chi connectivity index (χ0n) is 10.9. The Kier molecular flexibility index (Phi) is 3.55. The first-order valence-electron chi connectivity index (χ1n) is 6.02. The van der Waals surface area contributed by atoms with Crippen LogP contribution in [0.3, 0.4) is 0 Å². The SMILES string of the molecule is Cc1nc(N)oc1Cc1ccc(OC(C)C)cc1. The molecule has 0 atom stereocenters. The Balaban J connectivity index is 2.08. The van der Waals surface area contributed by atoms with Crippen molar-refractivity contribution in [2.75, 3.05) is 5.73 Å². The summed E-state index contributed by atoms with van der Waals surface area (Å²) in [4.78, 5) is 4.05. The molecule has 0 spiro atoms. The van der Waals surface area contributed by atoms with Crippen LogP contribution in [-0.4, -0.2) is 11.1 Å². The van der Waals surface area contributed by atoms with Gasteiger partial charge in [-0.3, -0.25) is 0 Å². The first-order chi connectivity index (χ1) is 8.54. The van der Waals surface area contributed by atoms with Gasteiger partial charge in [-0.1, -0.05) is 12.1 Å². The van der Waals surface area contributed by atoms with Crippen molar-refractivity contribution in [3.05, 3.63) is 41.3 Å². The van der Waals surface area contributed by atoms with E-state index in [2.05, 4.69) is 4.98 Å². The van der Waals surface area contributed by atoms with Gasteiger partial charge in [-0.15, -0.1) is 0 Å². The third-order valence-corrected chi connectivity index (χ3v) is 2.57. The average molecular weight is 246 g/mol. The molecule has 0 saturated heterocycles. The highest BCUT2D eigenvalue weighted by Crippen LogP contribution is 2.19. The third kappa shape index (κ3) is 3.03. The van der Waals surface area contributed by atoms with Crippen molar-refractivity contribution in [2.24, 2.45) is 0 Å². The highest BCUT2D eigenvalue weighted by atomic mass is 16.5. The molecular weight excluding hydrogens is 228 g/mol. The number of nitrogens with two attached hydrogens (primary N) is 1. The van der Waals surface area contributed by atoms with E-state index in [0.717, 1.165) is 22.8 Å². The predicted molar refractivity (Wildman–Crippen MR) is 70.7 cm³/mol. The van der Waals surface area contributed by atoms with Gasteiger partial charge in [-0.05, 0) is 38.5 Å². The van der Waals surface area contributed by atoms with E-state index in [1.807, 2.05) is 45.0 Å². The fourth-order valence-electron chi connectivity index (χ4n) is 1.76. The Morgan fingerprint density at radius 3 is 2.44 bits per heavy atom. The maximum Gasteiger partial charge on any atom is 0.292 e. The van der Waals surface area contributed by atoms with Crippen LogP contribution in [0.25, 0.3) is 0 Å². The molecule has 1 aromatic carbocycles. The lowest BCUT2D eigenvalue weighted by molar-refractivity contribution is 0.242. The van der Waals surface area contributed by atoms with Gasteiger partial charge in [-0.25, -0.2) is 0 Å².